The lowest BCUT2D eigenvalue weighted by Gasteiger charge is -2.14. The summed E-state index contributed by atoms with van der Waals surface area (Å²) in [6, 6.07) is 16.3. The maximum Gasteiger partial charge on any atom is 0.272 e. The Hall–Kier alpha value is -3.12. The molecule has 28 heavy (non-hydrogen) atoms. The van der Waals surface area contributed by atoms with Crippen LogP contribution in [0.5, 0.6) is 0 Å². The van der Waals surface area contributed by atoms with Gasteiger partial charge in [-0.05, 0) is 42.2 Å². The Labute approximate surface area is 167 Å². The van der Waals surface area contributed by atoms with Crippen molar-refractivity contribution < 1.29 is 9.59 Å². The first kappa shape index (κ1) is 18.3. The van der Waals surface area contributed by atoms with Gasteiger partial charge in [-0.2, -0.15) is 5.10 Å². The Morgan fingerprint density at radius 1 is 1.21 bits per heavy atom. The van der Waals surface area contributed by atoms with Crippen LogP contribution in [-0.2, 0) is 17.8 Å². The van der Waals surface area contributed by atoms with Crippen LogP contribution >= 0.6 is 11.6 Å². The van der Waals surface area contributed by atoms with E-state index in [9.17, 15) is 9.59 Å². The van der Waals surface area contributed by atoms with Crippen LogP contribution in [0.2, 0.25) is 5.02 Å². The molecule has 2 amide bonds. The number of carbonyl (C=O) groups excluding carboxylic acids is 2. The molecule has 0 fully saturated rings. The summed E-state index contributed by atoms with van der Waals surface area (Å²) in [4.78, 5) is 25.1. The summed E-state index contributed by atoms with van der Waals surface area (Å²) in [6.07, 6.45) is 2.93. The van der Waals surface area contributed by atoms with Gasteiger partial charge in [-0.25, -0.2) is 0 Å². The van der Waals surface area contributed by atoms with E-state index in [0.29, 0.717) is 30.1 Å². The van der Waals surface area contributed by atoms with E-state index in [1.54, 1.807) is 29.1 Å². The van der Waals surface area contributed by atoms with E-state index in [0.717, 1.165) is 11.1 Å². The molecule has 6 nitrogen and oxygen atoms in total. The second-order valence-electron chi connectivity index (χ2n) is 6.74. The number of amides is 2. The van der Waals surface area contributed by atoms with Crippen LogP contribution in [0.25, 0.3) is 0 Å². The zero-order valence-corrected chi connectivity index (χ0v) is 15.8. The molecule has 0 bridgehead atoms. The molecule has 0 saturated carbocycles. The van der Waals surface area contributed by atoms with Gasteiger partial charge in [0.25, 0.3) is 5.91 Å². The van der Waals surface area contributed by atoms with Crippen molar-refractivity contribution in [2.45, 2.75) is 25.4 Å². The molecule has 2 aromatic carbocycles. The predicted molar refractivity (Wildman–Crippen MR) is 107 cm³/mol. The maximum absolute atomic E-state index is 12.6. The Balaban J connectivity index is 1.42. The smallest absolute Gasteiger partial charge is 0.272 e. The van der Waals surface area contributed by atoms with Gasteiger partial charge in [0, 0.05) is 16.9 Å². The lowest BCUT2D eigenvalue weighted by molar-refractivity contribution is -0.118. The maximum atomic E-state index is 12.6. The minimum absolute atomic E-state index is 0.252. The number of halogens is 1. The van der Waals surface area contributed by atoms with Crippen LogP contribution in [0.4, 0.5) is 5.69 Å². The lowest BCUT2D eigenvalue weighted by atomic mass is 10.1. The van der Waals surface area contributed by atoms with Crippen molar-refractivity contribution in [2.75, 3.05) is 5.32 Å². The number of anilines is 1. The fourth-order valence-corrected chi connectivity index (χ4v) is 3.42. The Morgan fingerprint density at radius 2 is 2.04 bits per heavy atom. The first-order valence-electron chi connectivity index (χ1n) is 9.06. The number of hydrogen-bond acceptors (Lipinski definition) is 3. The Kier molecular flexibility index (Phi) is 5.12. The van der Waals surface area contributed by atoms with E-state index < -0.39 is 6.04 Å². The number of nitrogens with zero attached hydrogens (tertiary/aromatic N) is 2. The fraction of sp³-hybridized carbons (Fsp3) is 0.190. The molecule has 0 radical (unpaired) electrons. The van der Waals surface area contributed by atoms with Crippen molar-refractivity contribution >= 4 is 29.1 Å². The summed E-state index contributed by atoms with van der Waals surface area (Å²) in [7, 11) is 0. The minimum Gasteiger partial charge on any atom is -0.339 e. The molecule has 1 atom stereocenters. The highest BCUT2D eigenvalue weighted by Crippen LogP contribution is 2.25. The second-order valence-corrected chi connectivity index (χ2v) is 7.18. The zero-order valence-electron chi connectivity index (χ0n) is 15.1. The quantitative estimate of drug-likeness (QED) is 0.713. The van der Waals surface area contributed by atoms with E-state index in [2.05, 4.69) is 15.7 Å². The van der Waals surface area contributed by atoms with Gasteiger partial charge in [0.05, 0.1) is 6.54 Å². The first-order chi connectivity index (χ1) is 13.6. The van der Waals surface area contributed by atoms with Gasteiger partial charge in [-0.1, -0.05) is 48.0 Å². The number of benzene rings is 2. The molecule has 2 N–H and O–H groups in total. The summed E-state index contributed by atoms with van der Waals surface area (Å²) in [5.74, 6) is -0.617. The third kappa shape index (κ3) is 4.07. The van der Waals surface area contributed by atoms with Gasteiger partial charge in [0.2, 0.25) is 5.91 Å². The molecular formula is C21H19ClN4O2. The molecule has 1 aromatic heterocycles. The molecule has 0 spiro atoms. The van der Waals surface area contributed by atoms with Crippen LogP contribution in [0.15, 0.2) is 60.8 Å². The molecule has 0 saturated heterocycles. The topological polar surface area (TPSA) is 76.0 Å². The SMILES string of the molecule is O=C(N[C@H]1CCc2ccc(Cl)cc2NC1=O)c1ccn(Cc2ccccc2)n1. The highest BCUT2D eigenvalue weighted by atomic mass is 35.5. The number of aromatic nitrogens is 2. The van der Waals surface area contributed by atoms with Gasteiger partial charge in [-0.3, -0.25) is 14.3 Å². The summed E-state index contributed by atoms with van der Waals surface area (Å²) in [5, 5.41) is 10.5. The van der Waals surface area contributed by atoms with Gasteiger partial charge in [0.1, 0.15) is 11.7 Å². The molecule has 3 aromatic rings. The van der Waals surface area contributed by atoms with Crippen LogP contribution in [0, 0.1) is 0 Å². The van der Waals surface area contributed by atoms with Crippen molar-refractivity contribution in [3.05, 3.63) is 82.6 Å². The standard InChI is InChI=1S/C21H19ClN4O2/c22-16-8-6-15-7-9-17(20(27)24-19(15)12-16)23-21(28)18-10-11-26(25-18)13-14-4-2-1-3-5-14/h1-6,8,10-12,17H,7,9,13H2,(H,23,28)(H,24,27)/t17-/m0/s1. The molecule has 1 aliphatic heterocycles. The average Bonchev–Trinajstić information content (AvgIpc) is 3.09. The van der Waals surface area contributed by atoms with Crippen molar-refractivity contribution in [1.82, 2.24) is 15.1 Å². The third-order valence-corrected chi connectivity index (χ3v) is 4.95. The van der Waals surface area contributed by atoms with E-state index in [1.807, 2.05) is 36.4 Å². The van der Waals surface area contributed by atoms with Crippen LogP contribution < -0.4 is 10.6 Å². The van der Waals surface area contributed by atoms with Gasteiger partial charge >= 0.3 is 0 Å². The zero-order chi connectivity index (χ0) is 19.5. The molecular weight excluding hydrogens is 376 g/mol. The molecule has 2 heterocycles. The summed E-state index contributed by atoms with van der Waals surface area (Å²) < 4.78 is 1.70. The minimum atomic E-state index is -0.627. The van der Waals surface area contributed by atoms with Gasteiger partial charge < -0.3 is 10.6 Å². The van der Waals surface area contributed by atoms with Crippen molar-refractivity contribution in [1.29, 1.82) is 0 Å². The Bertz CT molecular complexity index is 1020. The van der Waals surface area contributed by atoms with E-state index >= 15 is 0 Å². The largest absolute Gasteiger partial charge is 0.339 e. The highest BCUT2D eigenvalue weighted by molar-refractivity contribution is 6.31. The predicted octanol–water partition coefficient (Wildman–Crippen LogP) is 3.27. The summed E-state index contributed by atoms with van der Waals surface area (Å²) in [6.45, 7) is 0.577. The molecule has 0 unspecified atom stereocenters. The fourth-order valence-electron chi connectivity index (χ4n) is 3.25. The highest BCUT2D eigenvalue weighted by Gasteiger charge is 2.26. The van der Waals surface area contributed by atoms with E-state index in [-0.39, 0.29) is 17.5 Å². The molecule has 1 aliphatic rings. The molecule has 0 aliphatic carbocycles. The average molecular weight is 395 g/mol. The Morgan fingerprint density at radius 3 is 2.86 bits per heavy atom. The monoisotopic (exact) mass is 394 g/mol. The van der Waals surface area contributed by atoms with E-state index in [1.165, 1.54) is 0 Å². The number of rotatable bonds is 4. The summed E-state index contributed by atoms with van der Waals surface area (Å²) in [5.41, 5.74) is 3.08. The van der Waals surface area contributed by atoms with E-state index in [4.69, 9.17) is 11.6 Å². The van der Waals surface area contributed by atoms with Crippen molar-refractivity contribution in [2.24, 2.45) is 0 Å². The van der Waals surface area contributed by atoms with Crippen molar-refractivity contribution in [3.8, 4) is 0 Å². The molecule has 142 valence electrons. The normalized spacial score (nSPS) is 16.0. The molecule has 7 heteroatoms. The number of fused-ring (bicyclic) bond motifs is 1. The number of nitrogens with one attached hydrogen (secondary N) is 2. The van der Waals surface area contributed by atoms with Gasteiger partial charge in [0.15, 0.2) is 0 Å². The second kappa shape index (κ2) is 7.86. The first-order valence-corrected chi connectivity index (χ1v) is 9.44. The number of aryl methyl sites for hydroxylation is 1. The van der Waals surface area contributed by atoms with Gasteiger partial charge in [-0.15, -0.1) is 0 Å². The number of hydrogen-bond donors (Lipinski definition) is 2. The summed E-state index contributed by atoms with van der Waals surface area (Å²) >= 11 is 6.01. The van der Waals surface area contributed by atoms with Crippen LogP contribution in [0.3, 0.4) is 0 Å². The third-order valence-electron chi connectivity index (χ3n) is 4.71. The lowest BCUT2D eigenvalue weighted by Crippen LogP contribution is -2.43. The number of carbonyl (C=O) groups is 2. The van der Waals surface area contributed by atoms with Crippen LogP contribution in [0.1, 0.15) is 28.0 Å². The molecule has 4 rings (SSSR count). The van der Waals surface area contributed by atoms with Crippen LogP contribution in [-0.4, -0.2) is 27.6 Å². The van der Waals surface area contributed by atoms with Crippen molar-refractivity contribution in [3.63, 3.8) is 0 Å².